The molecule has 0 aliphatic carbocycles. The van der Waals surface area contributed by atoms with Crippen molar-refractivity contribution in [2.75, 3.05) is 19.8 Å². The molecule has 1 aromatic carbocycles. The van der Waals surface area contributed by atoms with E-state index in [2.05, 4.69) is 4.72 Å². The highest BCUT2D eigenvalue weighted by molar-refractivity contribution is 7.89. The number of alkyl halides is 3. The van der Waals surface area contributed by atoms with Gasteiger partial charge in [-0.15, -0.1) is 0 Å². The number of hydrogen-bond donors (Lipinski definition) is 1. The van der Waals surface area contributed by atoms with Gasteiger partial charge in [0, 0.05) is 13.2 Å². The molecule has 10 heteroatoms. The van der Waals surface area contributed by atoms with Gasteiger partial charge in [-0.25, -0.2) is 17.5 Å². The molecule has 25 heavy (non-hydrogen) atoms. The third kappa shape index (κ3) is 5.91. The number of halogens is 4. The van der Waals surface area contributed by atoms with Crippen LogP contribution in [0.4, 0.5) is 17.6 Å². The van der Waals surface area contributed by atoms with Crippen LogP contribution in [-0.2, 0) is 25.7 Å². The van der Waals surface area contributed by atoms with Crippen LogP contribution in [0.5, 0.6) is 0 Å². The van der Waals surface area contributed by atoms with Gasteiger partial charge in [0.2, 0.25) is 10.0 Å². The summed E-state index contributed by atoms with van der Waals surface area (Å²) in [6.07, 6.45) is -2.31. The zero-order valence-electron chi connectivity index (χ0n) is 13.3. The van der Waals surface area contributed by atoms with E-state index in [1.807, 2.05) is 0 Å². The van der Waals surface area contributed by atoms with Crippen LogP contribution < -0.4 is 4.72 Å². The average Bonchev–Trinajstić information content (AvgIpc) is 2.54. The lowest BCUT2D eigenvalue weighted by Gasteiger charge is -2.22. The third-order valence-corrected chi connectivity index (χ3v) is 5.11. The van der Waals surface area contributed by atoms with Gasteiger partial charge < -0.3 is 9.47 Å². The first-order valence-electron chi connectivity index (χ1n) is 7.80. The van der Waals surface area contributed by atoms with Gasteiger partial charge in [0.1, 0.15) is 5.82 Å². The van der Waals surface area contributed by atoms with E-state index in [0.29, 0.717) is 18.7 Å². The Labute approximate surface area is 143 Å². The lowest BCUT2D eigenvalue weighted by atomic mass is 10.2. The Bertz CT molecular complexity index is 673. The summed E-state index contributed by atoms with van der Waals surface area (Å²) in [6.45, 7) is 0.717. The SMILES string of the molecule is O=S(=O)(NCCCO[C@@H]1CCCCO1)c1ccc(F)cc1C(F)(F)F. The molecule has 1 aromatic rings. The van der Waals surface area contributed by atoms with Gasteiger partial charge in [-0.1, -0.05) is 0 Å². The molecule has 142 valence electrons. The van der Waals surface area contributed by atoms with E-state index in [-0.39, 0.29) is 31.9 Å². The monoisotopic (exact) mass is 385 g/mol. The molecule has 0 saturated carbocycles. The number of hydrogen-bond acceptors (Lipinski definition) is 4. The van der Waals surface area contributed by atoms with Crippen LogP contribution in [0, 0.1) is 5.82 Å². The molecular weight excluding hydrogens is 366 g/mol. The van der Waals surface area contributed by atoms with Gasteiger partial charge in [-0.2, -0.15) is 13.2 Å². The van der Waals surface area contributed by atoms with Crippen molar-refractivity contribution in [2.45, 2.75) is 43.0 Å². The summed E-state index contributed by atoms with van der Waals surface area (Å²) >= 11 is 0. The zero-order valence-corrected chi connectivity index (χ0v) is 14.1. The van der Waals surface area contributed by atoms with Gasteiger partial charge in [-0.05, 0) is 43.9 Å². The summed E-state index contributed by atoms with van der Waals surface area (Å²) in [5, 5.41) is 0. The topological polar surface area (TPSA) is 64.6 Å². The Morgan fingerprint density at radius 1 is 1.28 bits per heavy atom. The number of sulfonamides is 1. The van der Waals surface area contributed by atoms with E-state index in [1.165, 1.54) is 0 Å². The molecule has 1 saturated heterocycles. The fourth-order valence-electron chi connectivity index (χ4n) is 2.37. The van der Waals surface area contributed by atoms with Crippen LogP contribution in [0.1, 0.15) is 31.2 Å². The summed E-state index contributed by atoms with van der Waals surface area (Å²) < 4.78 is 88.8. The minimum atomic E-state index is -4.98. The highest BCUT2D eigenvalue weighted by Crippen LogP contribution is 2.34. The van der Waals surface area contributed by atoms with Gasteiger partial charge in [0.15, 0.2) is 6.29 Å². The second-order valence-corrected chi connectivity index (χ2v) is 7.29. The third-order valence-electron chi connectivity index (χ3n) is 3.59. The number of ether oxygens (including phenoxy) is 2. The lowest BCUT2D eigenvalue weighted by Crippen LogP contribution is -2.29. The quantitative estimate of drug-likeness (QED) is 0.579. The molecule has 0 amide bonds. The minimum absolute atomic E-state index is 0.107. The molecule has 5 nitrogen and oxygen atoms in total. The van der Waals surface area contributed by atoms with Crippen LogP contribution in [-0.4, -0.2) is 34.5 Å². The van der Waals surface area contributed by atoms with Gasteiger partial charge in [0.05, 0.1) is 17.1 Å². The van der Waals surface area contributed by atoms with E-state index in [9.17, 15) is 26.0 Å². The number of nitrogens with one attached hydrogen (secondary N) is 1. The molecular formula is C15H19F4NO4S. The van der Waals surface area contributed by atoms with Gasteiger partial charge in [-0.3, -0.25) is 0 Å². The van der Waals surface area contributed by atoms with Crippen molar-refractivity contribution in [1.82, 2.24) is 4.72 Å². The van der Waals surface area contributed by atoms with Crippen LogP contribution in [0.25, 0.3) is 0 Å². The van der Waals surface area contributed by atoms with Crippen molar-refractivity contribution in [3.8, 4) is 0 Å². The fourth-order valence-corrected chi connectivity index (χ4v) is 3.65. The van der Waals surface area contributed by atoms with Crippen molar-refractivity contribution >= 4 is 10.0 Å². The molecule has 1 aliphatic rings. The Hall–Kier alpha value is -1.23. The summed E-state index contributed by atoms with van der Waals surface area (Å²) in [5.74, 6) is -1.16. The molecule has 1 aliphatic heterocycles. The number of benzene rings is 1. The fraction of sp³-hybridized carbons (Fsp3) is 0.600. The molecule has 0 radical (unpaired) electrons. The second kappa shape index (κ2) is 8.43. The van der Waals surface area contributed by atoms with Crippen molar-refractivity contribution in [2.24, 2.45) is 0 Å². The molecule has 2 rings (SSSR count). The van der Waals surface area contributed by atoms with Crippen LogP contribution in [0.15, 0.2) is 23.1 Å². The normalized spacial score (nSPS) is 19.1. The van der Waals surface area contributed by atoms with E-state index >= 15 is 0 Å². The van der Waals surface area contributed by atoms with E-state index in [4.69, 9.17) is 9.47 Å². The highest BCUT2D eigenvalue weighted by Gasteiger charge is 2.37. The van der Waals surface area contributed by atoms with E-state index in [1.54, 1.807) is 0 Å². The van der Waals surface area contributed by atoms with Gasteiger partial charge >= 0.3 is 6.18 Å². The molecule has 1 atom stereocenters. The average molecular weight is 385 g/mol. The lowest BCUT2D eigenvalue weighted by molar-refractivity contribution is -0.162. The van der Waals surface area contributed by atoms with E-state index < -0.39 is 32.5 Å². The zero-order chi connectivity index (χ0) is 18.5. The molecule has 0 spiro atoms. The Balaban J connectivity index is 1.91. The molecule has 0 aromatic heterocycles. The predicted molar refractivity (Wildman–Crippen MR) is 80.8 cm³/mol. The van der Waals surface area contributed by atoms with Crippen LogP contribution >= 0.6 is 0 Å². The maximum Gasteiger partial charge on any atom is 0.417 e. The minimum Gasteiger partial charge on any atom is -0.353 e. The molecule has 1 heterocycles. The molecule has 0 bridgehead atoms. The van der Waals surface area contributed by atoms with Crippen LogP contribution in [0.3, 0.4) is 0 Å². The largest absolute Gasteiger partial charge is 0.417 e. The van der Waals surface area contributed by atoms with Crippen molar-refractivity contribution in [3.05, 3.63) is 29.6 Å². The Kier molecular flexibility index (Phi) is 6.78. The highest BCUT2D eigenvalue weighted by atomic mass is 32.2. The second-order valence-electron chi connectivity index (χ2n) is 5.56. The first kappa shape index (κ1) is 20.1. The number of rotatable bonds is 7. The summed E-state index contributed by atoms with van der Waals surface area (Å²) in [4.78, 5) is -1.00. The van der Waals surface area contributed by atoms with Crippen LogP contribution in [0.2, 0.25) is 0 Å². The molecule has 1 fully saturated rings. The summed E-state index contributed by atoms with van der Waals surface area (Å²) in [6, 6.07) is 1.44. The maximum absolute atomic E-state index is 13.1. The first-order valence-corrected chi connectivity index (χ1v) is 9.28. The predicted octanol–water partition coefficient (Wildman–Crippen LogP) is 3.06. The van der Waals surface area contributed by atoms with Crippen molar-refractivity contribution in [3.63, 3.8) is 0 Å². The Morgan fingerprint density at radius 2 is 2.04 bits per heavy atom. The molecule has 1 N–H and O–H groups in total. The van der Waals surface area contributed by atoms with Crippen molar-refractivity contribution < 1.29 is 35.5 Å². The summed E-state index contributed by atoms with van der Waals surface area (Å²) in [7, 11) is -4.42. The summed E-state index contributed by atoms with van der Waals surface area (Å²) in [5.41, 5.74) is -1.54. The van der Waals surface area contributed by atoms with Crippen molar-refractivity contribution in [1.29, 1.82) is 0 Å². The molecule has 0 unspecified atom stereocenters. The van der Waals surface area contributed by atoms with Gasteiger partial charge in [0.25, 0.3) is 0 Å². The first-order chi connectivity index (χ1) is 11.7. The smallest absolute Gasteiger partial charge is 0.353 e. The standard InChI is InChI=1S/C15H19F4NO4S/c16-11-5-6-13(12(10-11)15(17,18)19)25(21,22)20-7-3-9-24-14-4-1-2-8-23-14/h5-6,10,14,20H,1-4,7-9H2/t14-/m1/s1. The maximum atomic E-state index is 13.1. The Morgan fingerprint density at radius 3 is 2.68 bits per heavy atom. The van der Waals surface area contributed by atoms with E-state index in [0.717, 1.165) is 19.3 Å².